The van der Waals surface area contributed by atoms with Crippen molar-refractivity contribution in [2.24, 2.45) is 0 Å². The second-order valence-corrected chi connectivity index (χ2v) is 6.28. The Kier molecular flexibility index (Phi) is 4.39. The number of nitrogens with zero attached hydrogens (tertiary/aromatic N) is 1. The lowest BCUT2D eigenvalue weighted by atomic mass is 9.73. The Labute approximate surface area is 122 Å². The summed E-state index contributed by atoms with van der Waals surface area (Å²) in [7, 11) is 1.84. The van der Waals surface area contributed by atoms with E-state index in [0.717, 1.165) is 19.6 Å². The minimum absolute atomic E-state index is 0.329. The predicted octanol–water partition coefficient (Wildman–Crippen LogP) is 2.03. The van der Waals surface area contributed by atoms with Crippen molar-refractivity contribution in [3.63, 3.8) is 0 Å². The van der Waals surface area contributed by atoms with Crippen molar-refractivity contribution in [2.75, 3.05) is 39.8 Å². The van der Waals surface area contributed by atoms with Gasteiger partial charge in [0.05, 0.1) is 6.10 Å². The van der Waals surface area contributed by atoms with Gasteiger partial charge >= 0.3 is 0 Å². The molecular weight excluding hydrogens is 248 g/mol. The van der Waals surface area contributed by atoms with Crippen molar-refractivity contribution < 1.29 is 4.74 Å². The van der Waals surface area contributed by atoms with E-state index in [1.54, 1.807) is 0 Å². The number of likely N-dealkylation sites (tertiary alicyclic amines) is 1. The van der Waals surface area contributed by atoms with Gasteiger partial charge in [0.1, 0.15) is 0 Å². The lowest BCUT2D eigenvalue weighted by molar-refractivity contribution is 0.101. The Balaban J connectivity index is 1.76. The molecule has 0 bridgehead atoms. The van der Waals surface area contributed by atoms with Gasteiger partial charge in [-0.25, -0.2) is 0 Å². The highest BCUT2D eigenvalue weighted by Gasteiger charge is 2.37. The molecule has 2 aliphatic heterocycles. The van der Waals surface area contributed by atoms with E-state index >= 15 is 0 Å². The lowest BCUT2D eigenvalue weighted by Crippen LogP contribution is -2.47. The maximum absolute atomic E-state index is 5.52. The molecule has 20 heavy (non-hydrogen) atoms. The second-order valence-electron chi connectivity index (χ2n) is 6.28. The van der Waals surface area contributed by atoms with Gasteiger partial charge in [-0.3, -0.25) is 4.90 Å². The normalized spacial score (nSPS) is 26.8. The first-order chi connectivity index (χ1) is 9.82. The zero-order valence-corrected chi connectivity index (χ0v) is 12.5. The average molecular weight is 274 g/mol. The standard InChI is InChI=1S/C17H26N2O/c1-20-16-7-12-19(13-16)14-17(8-10-18-11-9-17)15-5-3-2-4-6-15/h2-6,16,18H,7-14H2,1H3. The summed E-state index contributed by atoms with van der Waals surface area (Å²) in [6.07, 6.45) is 4.10. The van der Waals surface area contributed by atoms with Crippen LogP contribution in [0.5, 0.6) is 0 Å². The van der Waals surface area contributed by atoms with Crippen molar-refractivity contribution in [3.05, 3.63) is 35.9 Å². The molecule has 0 radical (unpaired) electrons. The van der Waals surface area contributed by atoms with E-state index in [-0.39, 0.29) is 0 Å². The Morgan fingerprint density at radius 2 is 2.00 bits per heavy atom. The summed E-state index contributed by atoms with van der Waals surface area (Å²) in [4.78, 5) is 2.60. The molecule has 3 rings (SSSR count). The number of benzene rings is 1. The van der Waals surface area contributed by atoms with Crippen LogP contribution in [-0.4, -0.2) is 50.8 Å². The Hall–Kier alpha value is -0.900. The van der Waals surface area contributed by atoms with Crippen molar-refractivity contribution in [1.82, 2.24) is 10.2 Å². The van der Waals surface area contributed by atoms with E-state index in [9.17, 15) is 0 Å². The molecule has 2 heterocycles. The van der Waals surface area contributed by atoms with E-state index in [1.165, 1.54) is 37.9 Å². The van der Waals surface area contributed by atoms with Crippen LogP contribution in [0.3, 0.4) is 0 Å². The fourth-order valence-electron chi connectivity index (χ4n) is 3.80. The van der Waals surface area contributed by atoms with E-state index in [1.807, 2.05) is 7.11 Å². The molecule has 2 fully saturated rings. The average Bonchev–Trinajstić information content (AvgIpc) is 2.96. The van der Waals surface area contributed by atoms with Gasteiger partial charge in [-0.05, 0) is 37.9 Å². The van der Waals surface area contributed by atoms with Crippen molar-refractivity contribution in [1.29, 1.82) is 0 Å². The van der Waals surface area contributed by atoms with Gasteiger partial charge in [0, 0.05) is 32.2 Å². The van der Waals surface area contributed by atoms with Gasteiger partial charge in [0.15, 0.2) is 0 Å². The van der Waals surface area contributed by atoms with Gasteiger partial charge in [0.25, 0.3) is 0 Å². The quantitative estimate of drug-likeness (QED) is 0.909. The first kappa shape index (κ1) is 14.1. The Morgan fingerprint density at radius 3 is 2.65 bits per heavy atom. The molecular formula is C17H26N2O. The third-order valence-corrected chi connectivity index (χ3v) is 5.04. The molecule has 1 unspecified atom stereocenters. The number of methoxy groups -OCH3 is 1. The van der Waals surface area contributed by atoms with Crippen LogP contribution in [0.2, 0.25) is 0 Å². The number of piperidine rings is 1. The molecule has 3 heteroatoms. The summed E-state index contributed by atoms with van der Waals surface area (Å²) in [5.41, 5.74) is 1.84. The van der Waals surface area contributed by atoms with Crippen LogP contribution >= 0.6 is 0 Å². The highest BCUT2D eigenvalue weighted by molar-refractivity contribution is 5.27. The highest BCUT2D eigenvalue weighted by atomic mass is 16.5. The molecule has 1 aromatic rings. The molecule has 110 valence electrons. The number of ether oxygens (including phenoxy) is 1. The first-order valence-corrected chi connectivity index (χ1v) is 7.84. The molecule has 0 aliphatic carbocycles. The van der Waals surface area contributed by atoms with Crippen LogP contribution in [0, 0.1) is 0 Å². The van der Waals surface area contributed by atoms with E-state index in [0.29, 0.717) is 11.5 Å². The van der Waals surface area contributed by atoms with E-state index in [2.05, 4.69) is 40.5 Å². The second kappa shape index (κ2) is 6.25. The summed E-state index contributed by atoms with van der Waals surface area (Å²) in [6, 6.07) is 11.1. The lowest BCUT2D eigenvalue weighted by Gasteiger charge is -2.41. The fourth-order valence-corrected chi connectivity index (χ4v) is 3.80. The molecule has 2 saturated heterocycles. The van der Waals surface area contributed by atoms with Crippen LogP contribution in [0.25, 0.3) is 0 Å². The molecule has 0 spiro atoms. The van der Waals surface area contributed by atoms with Gasteiger partial charge in [0.2, 0.25) is 0 Å². The molecule has 1 N–H and O–H groups in total. The number of nitrogens with one attached hydrogen (secondary N) is 1. The minimum Gasteiger partial charge on any atom is -0.380 e. The zero-order chi connectivity index (χ0) is 13.8. The van der Waals surface area contributed by atoms with Gasteiger partial charge in [-0.2, -0.15) is 0 Å². The van der Waals surface area contributed by atoms with E-state index in [4.69, 9.17) is 4.74 Å². The minimum atomic E-state index is 0.329. The molecule has 0 amide bonds. The Morgan fingerprint density at radius 1 is 1.25 bits per heavy atom. The number of rotatable bonds is 4. The molecule has 1 aromatic carbocycles. The predicted molar refractivity (Wildman–Crippen MR) is 82.1 cm³/mol. The van der Waals surface area contributed by atoms with Crippen molar-refractivity contribution >= 4 is 0 Å². The van der Waals surface area contributed by atoms with Gasteiger partial charge in [-0.15, -0.1) is 0 Å². The maximum Gasteiger partial charge on any atom is 0.0710 e. The zero-order valence-electron chi connectivity index (χ0n) is 12.5. The van der Waals surface area contributed by atoms with Crippen LogP contribution < -0.4 is 5.32 Å². The summed E-state index contributed by atoms with van der Waals surface area (Å²) < 4.78 is 5.52. The SMILES string of the molecule is COC1CCN(CC2(c3ccccc3)CCNCC2)C1. The summed E-state index contributed by atoms with van der Waals surface area (Å²) in [6.45, 7) is 5.73. The van der Waals surface area contributed by atoms with Crippen molar-refractivity contribution in [2.45, 2.75) is 30.8 Å². The maximum atomic E-state index is 5.52. The molecule has 0 saturated carbocycles. The third-order valence-electron chi connectivity index (χ3n) is 5.04. The fraction of sp³-hybridized carbons (Fsp3) is 0.647. The van der Waals surface area contributed by atoms with Crippen molar-refractivity contribution in [3.8, 4) is 0 Å². The van der Waals surface area contributed by atoms with E-state index < -0.39 is 0 Å². The number of hydrogen-bond donors (Lipinski definition) is 1. The van der Waals surface area contributed by atoms with Gasteiger partial charge in [-0.1, -0.05) is 30.3 Å². The van der Waals surface area contributed by atoms with Crippen LogP contribution in [0.1, 0.15) is 24.8 Å². The van der Waals surface area contributed by atoms with Gasteiger partial charge < -0.3 is 10.1 Å². The summed E-state index contributed by atoms with van der Waals surface area (Å²) in [5.74, 6) is 0. The molecule has 3 nitrogen and oxygen atoms in total. The monoisotopic (exact) mass is 274 g/mol. The van der Waals surface area contributed by atoms with Crippen LogP contribution in [0.15, 0.2) is 30.3 Å². The molecule has 2 aliphatic rings. The topological polar surface area (TPSA) is 24.5 Å². The molecule has 1 atom stereocenters. The summed E-state index contributed by atoms with van der Waals surface area (Å²) >= 11 is 0. The first-order valence-electron chi connectivity index (χ1n) is 7.84. The summed E-state index contributed by atoms with van der Waals surface area (Å²) in [5, 5.41) is 3.51. The smallest absolute Gasteiger partial charge is 0.0710 e. The number of hydrogen-bond acceptors (Lipinski definition) is 3. The molecule has 0 aromatic heterocycles. The third kappa shape index (κ3) is 2.90. The largest absolute Gasteiger partial charge is 0.380 e. The highest BCUT2D eigenvalue weighted by Crippen LogP contribution is 2.35. The van der Waals surface area contributed by atoms with Crippen LogP contribution in [-0.2, 0) is 10.2 Å². The Bertz CT molecular complexity index is 414. The van der Waals surface area contributed by atoms with Crippen LogP contribution in [0.4, 0.5) is 0 Å².